The summed E-state index contributed by atoms with van der Waals surface area (Å²) in [4.78, 5) is -1.65. The summed E-state index contributed by atoms with van der Waals surface area (Å²) in [5.74, 6) is -0.482. The van der Waals surface area contributed by atoms with Crippen LogP contribution in [0.4, 0.5) is 45.5 Å². The van der Waals surface area contributed by atoms with Crippen LogP contribution >= 0.6 is 0 Å². The second-order valence-corrected chi connectivity index (χ2v) is 12.2. The SMILES string of the molecule is Nc1ccc(N=Nc2ccc(Nc3ccc(N=Nc4c(O)ccc5cc(S(=O)(=O)O)cc(S(=O)(=O)O)c45)cc3)cc2)c(N)c1. The molecule has 0 saturated heterocycles. The van der Waals surface area contributed by atoms with Crippen LogP contribution in [0.15, 0.2) is 121 Å². The second kappa shape index (κ2) is 11.7. The zero-order valence-electron chi connectivity index (χ0n) is 22.4. The van der Waals surface area contributed by atoms with E-state index in [1.165, 1.54) is 6.07 Å². The van der Waals surface area contributed by atoms with Crippen LogP contribution in [0, 0.1) is 0 Å². The molecule has 0 radical (unpaired) electrons. The number of phenols is 1. The first-order valence-electron chi connectivity index (χ1n) is 12.5. The van der Waals surface area contributed by atoms with Gasteiger partial charge in [-0.25, -0.2) is 0 Å². The number of anilines is 4. The quantitative estimate of drug-likeness (QED) is 0.0594. The molecule has 0 saturated carbocycles. The third kappa shape index (κ3) is 6.79. The van der Waals surface area contributed by atoms with Gasteiger partial charge in [0.2, 0.25) is 0 Å². The van der Waals surface area contributed by atoms with Gasteiger partial charge in [-0.2, -0.15) is 27.1 Å². The van der Waals surface area contributed by atoms with E-state index in [-0.39, 0.29) is 16.5 Å². The average molecular weight is 634 g/mol. The molecule has 0 atom stereocenters. The van der Waals surface area contributed by atoms with Crippen molar-refractivity contribution in [2.75, 3.05) is 16.8 Å². The standard InChI is InChI=1S/C28H23N7O7S2/c29-17-2-11-24(23(30)14-17)34-32-20-7-3-18(4-8-20)31-19-5-9-21(10-6-19)33-35-28-25(36)12-1-16-13-22(43(37,38)39)15-26(27(16)28)44(40,41)42/h1-15,31,36H,29-30H2,(H,37,38,39)(H,40,41,42). The van der Waals surface area contributed by atoms with Crippen LogP contribution in [-0.2, 0) is 20.2 Å². The molecule has 0 aromatic heterocycles. The number of phenolic OH excluding ortho intramolecular Hbond substituents is 1. The van der Waals surface area contributed by atoms with E-state index in [1.54, 1.807) is 66.7 Å². The zero-order chi connectivity index (χ0) is 31.6. The average Bonchev–Trinajstić information content (AvgIpc) is 2.96. The summed E-state index contributed by atoms with van der Waals surface area (Å²) >= 11 is 0. The summed E-state index contributed by atoms with van der Waals surface area (Å²) < 4.78 is 66.6. The molecule has 224 valence electrons. The maximum atomic E-state index is 12.1. The number of benzene rings is 5. The number of nitrogens with zero attached hydrogens (tertiary/aromatic N) is 4. The summed E-state index contributed by atoms with van der Waals surface area (Å²) in [6, 6.07) is 22.6. The molecule has 14 nitrogen and oxygen atoms in total. The van der Waals surface area contributed by atoms with Crippen molar-refractivity contribution in [2.45, 2.75) is 9.79 Å². The van der Waals surface area contributed by atoms with Gasteiger partial charge in [-0.3, -0.25) is 9.11 Å². The summed E-state index contributed by atoms with van der Waals surface area (Å²) in [5.41, 5.74) is 15.1. The van der Waals surface area contributed by atoms with Crippen molar-refractivity contribution in [3.63, 3.8) is 0 Å². The van der Waals surface area contributed by atoms with E-state index in [1.807, 2.05) is 0 Å². The van der Waals surface area contributed by atoms with E-state index in [9.17, 15) is 31.0 Å². The first-order valence-corrected chi connectivity index (χ1v) is 15.4. The Kier molecular flexibility index (Phi) is 7.99. The molecule has 0 heterocycles. The number of hydrogen-bond acceptors (Lipinski definition) is 12. The lowest BCUT2D eigenvalue weighted by Crippen LogP contribution is -2.04. The fourth-order valence-corrected chi connectivity index (χ4v) is 5.46. The monoisotopic (exact) mass is 633 g/mol. The third-order valence-electron chi connectivity index (χ3n) is 6.20. The lowest BCUT2D eigenvalue weighted by atomic mass is 10.1. The molecule has 16 heteroatoms. The van der Waals surface area contributed by atoms with E-state index >= 15 is 0 Å². The van der Waals surface area contributed by atoms with E-state index < -0.39 is 35.8 Å². The summed E-state index contributed by atoms with van der Waals surface area (Å²) in [6.07, 6.45) is 0. The predicted molar refractivity (Wildman–Crippen MR) is 165 cm³/mol. The fraction of sp³-hybridized carbons (Fsp3) is 0. The van der Waals surface area contributed by atoms with Crippen LogP contribution in [0.2, 0.25) is 0 Å². The Bertz CT molecular complexity index is 2170. The topological polar surface area (TPSA) is 242 Å². The maximum Gasteiger partial charge on any atom is 0.295 e. The summed E-state index contributed by atoms with van der Waals surface area (Å²) in [7, 11) is -9.82. The van der Waals surface area contributed by atoms with Gasteiger partial charge in [0.25, 0.3) is 20.2 Å². The highest BCUT2D eigenvalue weighted by Crippen LogP contribution is 2.41. The molecule has 0 spiro atoms. The van der Waals surface area contributed by atoms with E-state index in [4.69, 9.17) is 11.5 Å². The van der Waals surface area contributed by atoms with Gasteiger partial charge in [-0.05, 0) is 90.3 Å². The molecular formula is C28H23N7O7S2. The molecule has 5 aromatic carbocycles. The number of azo groups is 2. The van der Waals surface area contributed by atoms with Gasteiger partial charge < -0.3 is 21.9 Å². The number of nitrogen functional groups attached to an aromatic ring is 2. The minimum absolute atomic E-state index is 0.0408. The minimum atomic E-state index is -5.01. The lowest BCUT2D eigenvalue weighted by Gasteiger charge is -2.10. The number of rotatable bonds is 8. The van der Waals surface area contributed by atoms with Crippen LogP contribution < -0.4 is 16.8 Å². The van der Waals surface area contributed by atoms with Gasteiger partial charge >= 0.3 is 0 Å². The van der Waals surface area contributed by atoms with Crippen molar-refractivity contribution in [1.82, 2.24) is 0 Å². The molecule has 0 fully saturated rings. The molecule has 5 rings (SSSR count). The molecular weight excluding hydrogens is 610 g/mol. The van der Waals surface area contributed by atoms with E-state index in [0.717, 1.165) is 17.8 Å². The van der Waals surface area contributed by atoms with Gasteiger partial charge in [-0.1, -0.05) is 6.07 Å². The number of hydrogen-bond donors (Lipinski definition) is 6. The molecule has 8 N–H and O–H groups in total. The fourth-order valence-electron chi connectivity index (χ4n) is 4.10. The Balaban J connectivity index is 1.35. The van der Waals surface area contributed by atoms with Crippen molar-refractivity contribution in [3.05, 3.63) is 91.0 Å². The van der Waals surface area contributed by atoms with Crippen LogP contribution in [-0.4, -0.2) is 31.0 Å². The maximum absolute atomic E-state index is 12.1. The van der Waals surface area contributed by atoms with Gasteiger partial charge in [0.05, 0.1) is 22.0 Å². The van der Waals surface area contributed by atoms with E-state index in [2.05, 4.69) is 25.8 Å². The van der Waals surface area contributed by atoms with Crippen molar-refractivity contribution < 1.29 is 31.0 Å². The van der Waals surface area contributed by atoms with Gasteiger partial charge in [-0.15, -0.1) is 10.2 Å². The van der Waals surface area contributed by atoms with Crippen molar-refractivity contribution in [1.29, 1.82) is 0 Å². The van der Waals surface area contributed by atoms with Gasteiger partial charge in [0.15, 0.2) is 0 Å². The number of nitrogens with one attached hydrogen (secondary N) is 1. The highest BCUT2D eigenvalue weighted by Gasteiger charge is 2.24. The molecule has 44 heavy (non-hydrogen) atoms. The summed E-state index contributed by atoms with van der Waals surface area (Å²) in [6.45, 7) is 0. The van der Waals surface area contributed by atoms with Crippen LogP contribution in [0.5, 0.6) is 5.75 Å². The normalized spacial score (nSPS) is 12.3. The highest BCUT2D eigenvalue weighted by atomic mass is 32.2. The molecule has 0 amide bonds. The Labute approximate surface area is 250 Å². The summed E-state index contributed by atoms with van der Waals surface area (Å²) in [5, 5.41) is 29.7. The first kappa shape index (κ1) is 30.1. The second-order valence-electron chi connectivity index (χ2n) is 9.34. The molecule has 0 unspecified atom stereocenters. The Morgan fingerprint density at radius 3 is 1.77 bits per heavy atom. The third-order valence-corrected chi connectivity index (χ3v) is 7.90. The Morgan fingerprint density at radius 2 is 1.23 bits per heavy atom. The Morgan fingerprint density at radius 1 is 0.636 bits per heavy atom. The van der Waals surface area contributed by atoms with Crippen molar-refractivity contribution >= 4 is 76.5 Å². The van der Waals surface area contributed by atoms with Crippen molar-refractivity contribution in [2.24, 2.45) is 20.5 Å². The molecule has 0 aliphatic heterocycles. The van der Waals surface area contributed by atoms with Crippen molar-refractivity contribution in [3.8, 4) is 5.75 Å². The predicted octanol–water partition coefficient (Wildman–Crippen LogP) is 6.78. The highest BCUT2D eigenvalue weighted by molar-refractivity contribution is 7.86. The molecule has 0 aliphatic carbocycles. The van der Waals surface area contributed by atoms with Crippen LogP contribution in [0.1, 0.15) is 0 Å². The number of aromatic hydroxyl groups is 1. The molecule has 5 aromatic rings. The molecule has 0 bridgehead atoms. The smallest absolute Gasteiger partial charge is 0.295 e. The Hall–Kier alpha value is -5.42. The van der Waals surface area contributed by atoms with Gasteiger partial charge in [0, 0.05) is 22.4 Å². The number of nitrogens with two attached hydrogens (primary N) is 2. The lowest BCUT2D eigenvalue weighted by molar-refractivity contribution is 0.477. The van der Waals surface area contributed by atoms with Crippen LogP contribution in [0.25, 0.3) is 10.8 Å². The largest absolute Gasteiger partial charge is 0.506 e. The van der Waals surface area contributed by atoms with E-state index in [0.29, 0.717) is 40.2 Å². The minimum Gasteiger partial charge on any atom is -0.506 e. The van der Waals surface area contributed by atoms with Gasteiger partial charge in [0.1, 0.15) is 22.0 Å². The first-order chi connectivity index (χ1) is 20.8. The molecule has 0 aliphatic rings. The van der Waals surface area contributed by atoms with Crippen LogP contribution in [0.3, 0.4) is 0 Å². The number of fused-ring (bicyclic) bond motifs is 1. The zero-order valence-corrected chi connectivity index (χ0v) is 24.0.